The molecule has 0 bridgehead atoms. The van der Waals surface area contributed by atoms with Crippen LogP contribution >= 0.6 is 46.4 Å². The van der Waals surface area contributed by atoms with Gasteiger partial charge in [-0.1, -0.05) is 58.5 Å². The van der Waals surface area contributed by atoms with E-state index >= 15 is 8.78 Å². The Labute approximate surface area is 211 Å². The molecule has 0 saturated carbocycles. The quantitative estimate of drug-likeness (QED) is 0.190. The number of hydrogen-bond donors (Lipinski definition) is 0. The number of rotatable bonds is 4. The number of non-ortho nitro benzene ring substituents is 1. The summed E-state index contributed by atoms with van der Waals surface area (Å²) in [6, 6.07) is 12.2. The number of benzene rings is 4. The second kappa shape index (κ2) is 9.47. The Morgan fingerprint density at radius 2 is 1.38 bits per heavy atom. The van der Waals surface area contributed by atoms with Crippen molar-refractivity contribution in [3.8, 4) is 33.4 Å². The Morgan fingerprint density at radius 3 is 2.03 bits per heavy atom. The molecule has 172 valence electrons. The predicted molar refractivity (Wildman–Crippen MR) is 129 cm³/mol. The van der Waals surface area contributed by atoms with Gasteiger partial charge in [0.25, 0.3) is 5.69 Å². The highest BCUT2D eigenvalue weighted by atomic mass is 35.5. The minimum absolute atomic E-state index is 0.0609. The Bertz CT molecular complexity index is 1460. The maximum Gasteiger partial charge on any atom is 0.270 e. The third-order valence-electron chi connectivity index (χ3n) is 5.08. The highest BCUT2D eigenvalue weighted by Crippen LogP contribution is 2.47. The first-order valence-electron chi connectivity index (χ1n) is 9.46. The normalized spacial score (nSPS) is 11.0. The summed E-state index contributed by atoms with van der Waals surface area (Å²) in [6.45, 7) is 0. The molecule has 3 nitrogen and oxygen atoms in total. The molecule has 0 aliphatic heterocycles. The van der Waals surface area contributed by atoms with Crippen molar-refractivity contribution < 1.29 is 18.1 Å². The van der Waals surface area contributed by atoms with Gasteiger partial charge in [-0.15, -0.1) is 0 Å². The standard InChI is InChI=1S/C24H10Cl4F3NO2/c25-11-4-6-13(18(28)8-11)14-10-20(30)23(22-17(27)2-1-3-19(22)29)24(31)21(14)15-9-12(32(33)34)5-7-16(15)26/h1-10H. The van der Waals surface area contributed by atoms with Gasteiger partial charge in [0.2, 0.25) is 0 Å². The van der Waals surface area contributed by atoms with Crippen molar-refractivity contribution in [1.29, 1.82) is 0 Å². The Hall–Kier alpha value is -2.77. The molecule has 0 saturated heterocycles. The Morgan fingerprint density at radius 1 is 0.647 bits per heavy atom. The minimum atomic E-state index is -1.23. The van der Waals surface area contributed by atoms with Crippen molar-refractivity contribution in [2.24, 2.45) is 0 Å². The molecule has 0 radical (unpaired) electrons. The highest BCUT2D eigenvalue weighted by molar-refractivity contribution is 6.37. The molecule has 4 rings (SSSR count). The molecule has 0 aliphatic carbocycles. The van der Waals surface area contributed by atoms with E-state index in [2.05, 4.69) is 0 Å². The first-order valence-corrected chi connectivity index (χ1v) is 11.0. The van der Waals surface area contributed by atoms with Gasteiger partial charge < -0.3 is 0 Å². The van der Waals surface area contributed by atoms with Crippen LogP contribution in [0.1, 0.15) is 0 Å². The monoisotopic (exact) mass is 541 g/mol. The summed E-state index contributed by atoms with van der Waals surface area (Å²) in [7, 11) is 0. The zero-order valence-corrected chi connectivity index (χ0v) is 19.7. The fourth-order valence-electron chi connectivity index (χ4n) is 3.59. The second-order valence-electron chi connectivity index (χ2n) is 7.11. The number of nitro groups is 1. The summed E-state index contributed by atoms with van der Waals surface area (Å²) in [4.78, 5) is 10.7. The van der Waals surface area contributed by atoms with Crippen LogP contribution in [0.5, 0.6) is 0 Å². The number of nitrogens with zero attached hydrogens (tertiary/aromatic N) is 1. The fourth-order valence-corrected chi connectivity index (χ4v) is 4.57. The lowest BCUT2D eigenvalue weighted by molar-refractivity contribution is -0.384. The molecular formula is C24H10Cl4F3NO2. The van der Waals surface area contributed by atoms with Crippen LogP contribution in [0.3, 0.4) is 0 Å². The van der Waals surface area contributed by atoms with Gasteiger partial charge in [0.05, 0.1) is 15.5 Å². The fraction of sp³-hybridized carbons (Fsp3) is 0. The van der Waals surface area contributed by atoms with Crippen LogP contribution in [0.15, 0.2) is 60.7 Å². The van der Waals surface area contributed by atoms with Crippen LogP contribution in [0.2, 0.25) is 20.1 Å². The van der Waals surface area contributed by atoms with E-state index < -0.39 is 33.5 Å². The molecule has 10 heteroatoms. The summed E-state index contributed by atoms with van der Waals surface area (Å²) < 4.78 is 46.2. The van der Waals surface area contributed by atoms with Crippen molar-refractivity contribution in [1.82, 2.24) is 0 Å². The van der Waals surface area contributed by atoms with Gasteiger partial charge in [-0.05, 0) is 42.0 Å². The maximum absolute atomic E-state index is 16.2. The van der Waals surface area contributed by atoms with Crippen LogP contribution in [-0.2, 0) is 0 Å². The summed E-state index contributed by atoms with van der Waals surface area (Å²) in [6.07, 6.45) is 0. The van der Waals surface area contributed by atoms with Gasteiger partial charge in [-0.25, -0.2) is 13.2 Å². The third-order valence-corrected chi connectivity index (χ3v) is 6.27. The highest BCUT2D eigenvalue weighted by Gasteiger charge is 2.28. The third kappa shape index (κ3) is 4.34. The smallest absolute Gasteiger partial charge is 0.258 e. The van der Waals surface area contributed by atoms with Crippen molar-refractivity contribution in [3.63, 3.8) is 0 Å². The second-order valence-corrected chi connectivity index (χ2v) is 8.77. The number of hydrogen-bond acceptors (Lipinski definition) is 2. The Kier molecular flexibility index (Phi) is 6.78. The lowest BCUT2D eigenvalue weighted by atomic mass is 9.89. The van der Waals surface area contributed by atoms with E-state index in [-0.39, 0.29) is 48.0 Å². The SMILES string of the molecule is O=[N+]([O-])c1ccc(Cl)c(-c2c(-c3ccc(Cl)cc3Cl)cc(F)c(-c3c(F)cccc3Cl)c2F)c1. The molecule has 4 aromatic rings. The average Bonchev–Trinajstić information content (AvgIpc) is 2.76. The summed E-state index contributed by atoms with van der Waals surface area (Å²) in [5.74, 6) is -3.31. The van der Waals surface area contributed by atoms with Gasteiger partial charge in [0, 0.05) is 49.5 Å². The zero-order valence-electron chi connectivity index (χ0n) is 16.7. The van der Waals surface area contributed by atoms with E-state index in [4.69, 9.17) is 46.4 Å². The van der Waals surface area contributed by atoms with Crippen molar-refractivity contribution >= 4 is 52.1 Å². The molecule has 0 aromatic heterocycles. The molecular weight excluding hydrogens is 533 g/mol. The van der Waals surface area contributed by atoms with Crippen molar-refractivity contribution in [2.45, 2.75) is 0 Å². The summed E-state index contributed by atoms with van der Waals surface area (Å²) >= 11 is 24.6. The topological polar surface area (TPSA) is 43.1 Å². The van der Waals surface area contributed by atoms with Crippen molar-refractivity contribution in [3.05, 3.63) is 108 Å². The largest absolute Gasteiger partial charge is 0.270 e. The molecule has 4 aromatic carbocycles. The summed E-state index contributed by atoms with van der Waals surface area (Å²) in [5.41, 5.74) is -1.99. The van der Waals surface area contributed by atoms with Crippen LogP contribution in [0, 0.1) is 27.6 Å². The molecule has 34 heavy (non-hydrogen) atoms. The van der Waals surface area contributed by atoms with Crippen LogP contribution in [-0.4, -0.2) is 4.92 Å². The first kappa shape index (κ1) is 24.4. The molecule has 0 fully saturated rings. The van der Waals surface area contributed by atoms with Crippen LogP contribution in [0.4, 0.5) is 18.9 Å². The Balaban J connectivity index is 2.17. The first-order chi connectivity index (χ1) is 16.1. The van der Waals surface area contributed by atoms with Gasteiger partial charge in [0.1, 0.15) is 17.5 Å². The van der Waals surface area contributed by atoms with Gasteiger partial charge in [-0.3, -0.25) is 10.1 Å². The molecule has 0 amide bonds. The summed E-state index contributed by atoms with van der Waals surface area (Å²) in [5, 5.41) is 11.4. The molecule has 0 atom stereocenters. The molecule has 0 unspecified atom stereocenters. The lowest BCUT2D eigenvalue weighted by Crippen LogP contribution is -2.01. The number of nitro benzene ring substituents is 1. The zero-order chi connectivity index (χ0) is 24.7. The van der Waals surface area contributed by atoms with Gasteiger partial charge >= 0.3 is 0 Å². The molecule has 0 spiro atoms. The number of halogens is 7. The lowest BCUT2D eigenvalue weighted by Gasteiger charge is -2.18. The van der Waals surface area contributed by atoms with E-state index in [0.717, 1.165) is 24.3 Å². The maximum atomic E-state index is 16.2. The van der Waals surface area contributed by atoms with Crippen molar-refractivity contribution in [2.75, 3.05) is 0 Å². The van der Waals surface area contributed by atoms with Crippen LogP contribution in [0.25, 0.3) is 33.4 Å². The van der Waals surface area contributed by atoms with E-state index in [1.165, 1.54) is 36.4 Å². The predicted octanol–water partition coefficient (Wildman–Crippen LogP) is 9.63. The minimum Gasteiger partial charge on any atom is -0.258 e. The van der Waals surface area contributed by atoms with E-state index in [0.29, 0.717) is 0 Å². The van der Waals surface area contributed by atoms with E-state index in [1.54, 1.807) is 0 Å². The molecule has 0 N–H and O–H groups in total. The van der Waals surface area contributed by atoms with Gasteiger partial charge in [0.15, 0.2) is 0 Å². The average molecular weight is 543 g/mol. The van der Waals surface area contributed by atoms with Gasteiger partial charge in [-0.2, -0.15) is 0 Å². The molecule has 0 heterocycles. The molecule has 0 aliphatic rings. The van der Waals surface area contributed by atoms with E-state index in [1.807, 2.05) is 0 Å². The van der Waals surface area contributed by atoms with Crippen LogP contribution < -0.4 is 0 Å². The van der Waals surface area contributed by atoms with E-state index in [9.17, 15) is 14.5 Å².